The largest absolute Gasteiger partial charge is 0.489 e. The van der Waals surface area contributed by atoms with Crippen molar-refractivity contribution in [1.29, 1.82) is 0 Å². The van der Waals surface area contributed by atoms with Crippen molar-refractivity contribution in [1.82, 2.24) is 14.6 Å². The van der Waals surface area contributed by atoms with Gasteiger partial charge in [0.05, 0.1) is 13.2 Å². The van der Waals surface area contributed by atoms with Gasteiger partial charge in [0.15, 0.2) is 0 Å². The van der Waals surface area contributed by atoms with E-state index in [1.807, 2.05) is 30.3 Å². The lowest BCUT2D eigenvalue weighted by Crippen LogP contribution is -2.53. The summed E-state index contributed by atoms with van der Waals surface area (Å²) in [6.07, 6.45) is 0.576. The molecule has 9 nitrogen and oxygen atoms in total. The van der Waals surface area contributed by atoms with E-state index in [4.69, 9.17) is 9.47 Å². The molecule has 2 fully saturated rings. The van der Waals surface area contributed by atoms with E-state index in [0.29, 0.717) is 44.0 Å². The van der Waals surface area contributed by atoms with Crippen LogP contribution in [0.5, 0.6) is 5.75 Å². The quantitative estimate of drug-likeness (QED) is 0.450. The van der Waals surface area contributed by atoms with E-state index < -0.39 is 6.04 Å². The van der Waals surface area contributed by atoms with Gasteiger partial charge >= 0.3 is 0 Å². The lowest BCUT2D eigenvalue weighted by molar-refractivity contribution is -0.146. The van der Waals surface area contributed by atoms with Crippen molar-refractivity contribution < 1.29 is 28.7 Å². The van der Waals surface area contributed by atoms with Gasteiger partial charge in [-0.1, -0.05) is 30.3 Å². The number of piperidine rings is 1. The predicted molar refractivity (Wildman–Crippen MR) is 127 cm³/mol. The third kappa shape index (κ3) is 4.53. The average molecular weight is 475 g/mol. The van der Waals surface area contributed by atoms with Crippen LogP contribution in [0.25, 0.3) is 0 Å². The Morgan fingerprint density at radius 2 is 1.77 bits per heavy atom. The number of benzene rings is 2. The molecular weight excluding hydrogens is 449 g/mol. The molecule has 5 rings (SSSR count). The molecule has 3 aliphatic rings. The van der Waals surface area contributed by atoms with E-state index in [1.54, 1.807) is 21.9 Å². The van der Waals surface area contributed by atoms with Crippen molar-refractivity contribution in [3.63, 3.8) is 0 Å². The van der Waals surface area contributed by atoms with Gasteiger partial charge in [-0.05, 0) is 29.7 Å². The van der Waals surface area contributed by atoms with Crippen LogP contribution in [0.4, 0.5) is 0 Å². The molecule has 35 heavy (non-hydrogen) atoms. The minimum absolute atomic E-state index is 0.00152. The first-order valence-corrected chi connectivity index (χ1v) is 11.7. The lowest BCUT2D eigenvalue weighted by atomic mass is 9.99. The minimum Gasteiger partial charge on any atom is -0.489 e. The summed E-state index contributed by atoms with van der Waals surface area (Å²) in [4.78, 5) is 53.9. The molecule has 180 valence electrons. The molecule has 0 bridgehead atoms. The number of nitrogens with zero attached hydrogens (tertiary/aromatic N) is 3. The zero-order valence-corrected chi connectivity index (χ0v) is 19.6. The summed E-state index contributed by atoms with van der Waals surface area (Å²) in [7, 11) is 1.46. The Balaban J connectivity index is 1.24. The Morgan fingerprint density at radius 3 is 2.54 bits per heavy atom. The maximum atomic E-state index is 13.1. The Bertz CT molecular complexity index is 1180. The Hall–Kier alpha value is -3.66. The van der Waals surface area contributed by atoms with E-state index in [-0.39, 0.29) is 43.2 Å². The Labute approximate surface area is 204 Å². The summed E-state index contributed by atoms with van der Waals surface area (Å²) in [5, 5.41) is 0. The first kappa shape index (κ1) is 23.1. The number of hydrogen-bond acceptors (Lipinski definition) is 6. The third-order valence-corrected chi connectivity index (χ3v) is 6.82. The van der Waals surface area contributed by atoms with Gasteiger partial charge in [-0.3, -0.25) is 19.2 Å². The molecule has 2 saturated heterocycles. The first-order chi connectivity index (χ1) is 16.9. The van der Waals surface area contributed by atoms with Crippen LogP contribution in [0.15, 0.2) is 42.5 Å². The number of hydrogen-bond donors (Lipinski definition) is 0. The molecule has 4 amide bonds. The minimum atomic E-state index is -0.642. The van der Waals surface area contributed by atoms with E-state index >= 15 is 0 Å². The number of fused-ring (bicyclic) bond motifs is 1. The van der Waals surface area contributed by atoms with E-state index in [9.17, 15) is 19.2 Å². The fourth-order valence-electron chi connectivity index (χ4n) is 4.74. The van der Waals surface area contributed by atoms with Gasteiger partial charge in [-0.25, -0.2) is 0 Å². The lowest BCUT2D eigenvalue weighted by Gasteiger charge is -2.34. The van der Waals surface area contributed by atoms with Crippen LogP contribution in [0.2, 0.25) is 0 Å². The Kier molecular flexibility index (Phi) is 6.30. The van der Waals surface area contributed by atoms with Crippen LogP contribution in [0.1, 0.15) is 39.9 Å². The van der Waals surface area contributed by atoms with Gasteiger partial charge in [0, 0.05) is 30.6 Å². The fraction of sp³-hybridized carbons (Fsp3) is 0.360. The van der Waals surface area contributed by atoms with Crippen molar-refractivity contribution in [3.05, 3.63) is 64.7 Å². The highest BCUT2D eigenvalue weighted by Gasteiger charge is 2.41. The molecule has 1 unspecified atom stereocenters. The molecule has 10 heteroatoms. The van der Waals surface area contributed by atoms with Gasteiger partial charge in [0.25, 0.3) is 5.91 Å². The van der Waals surface area contributed by atoms with Gasteiger partial charge in [0.2, 0.25) is 25.7 Å². The highest BCUT2D eigenvalue weighted by atomic mass is 16.5. The van der Waals surface area contributed by atoms with Crippen LogP contribution in [-0.4, -0.2) is 72.0 Å². The SMILES string of the molecule is BN1C(=O)CCC(N2Cc3c(OCc4ccc(CN5CCOCC5=O)cc4)cccc3C2=O)C1=O. The third-order valence-electron chi connectivity index (χ3n) is 6.82. The molecule has 0 N–H and O–H groups in total. The van der Waals surface area contributed by atoms with Crippen molar-refractivity contribution >= 4 is 31.6 Å². The summed E-state index contributed by atoms with van der Waals surface area (Å²) in [5.41, 5.74) is 3.28. The molecule has 0 saturated carbocycles. The summed E-state index contributed by atoms with van der Waals surface area (Å²) in [6, 6.07) is 12.6. The van der Waals surface area contributed by atoms with E-state index in [0.717, 1.165) is 21.5 Å². The van der Waals surface area contributed by atoms with Gasteiger partial charge in [-0.15, -0.1) is 0 Å². The van der Waals surface area contributed by atoms with E-state index in [1.165, 1.54) is 7.98 Å². The highest BCUT2D eigenvalue weighted by molar-refractivity contribution is 6.26. The maximum absolute atomic E-state index is 13.1. The monoisotopic (exact) mass is 475 g/mol. The molecule has 0 spiro atoms. The normalized spacial score (nSPS) is 20.5. The number of ether oxygens (including phenoxy) is 2. The fourth-order valence-corrected chi connectivity index (χ4v) is 4.74. The van der Waals surface area contributed by atoms with Crippen LogP contribution in [0, 0.1) is 0 Å². The van der Waals surface area contributed by atoms with Crippen molar-refractivity contribution in [2.45, 2.75) is 38.6 Å². The molecule has 2 aromatic rings. The van der Waals surface area contributed by atoms with Gasteiger partial charge in [0.1, 0.15) is 25.0 Å². The summed E-state index contributed by atoms with van der Waals surface area (Å²) in [6.45, 7) is 2.43. The predicted octanol–water partition coefficient (Wildman–Crippen LogP) is 0.646. The number of imide groups is 1. The summed E-state index contributed by atoms with van der Waals surface area (Å²) in [5.74, 6) is -0.174. The zero-order valence-electron chi connectivity index (χ0n) is 19.6. The smallest absolute Gasteiger partial charge is 0.255 e. The number of carbonyl (C=O) groups is 4. The average Bonchev–Trinajstić information content (AvgIpc) is 3.20. The summed E-state index contributed by atoms with van der Waals surface area (Å²) >= 11 is 0. The molecule has 0 aliphatic carbocycles. The topological polar surface area (TPSA) is 96.5 Å². The molecule has 0 radical (unpaired) electrons. The second kappa shape index (κ2) is 9.54. The first-order valence-electron chi connectivity index (χ1n) is 11.7. The van der Waals surface area contributed by atoms with Crippen molar-refractivity contribution in [3.8, 4) is 5.75 Å². The van der Waals surface area contributed by atoms with Gasteiger partial charge < -0.3 is 24.1 Å². The van der Waals surface area contributed by atoms with Crippen LogP contribution in [0.3, 0.4) is 0 Å². The highest BCUT2D eigenvalue weighted by Crippen LogP contribution is 2.34. The van der Waals surface area contributed by atoms with Crippen molar-refractivity contribution in [2.24, 2.45) is 0 Å². The van der Waals surface area contributed by atoms with Crippen LogP contribution in [-0.2, 0) is 38.8 Å². The van der Waals surface area contributed by atoms with Crippen LogP contribution >= 0.6 is 0 Å². The summed E-state index contributed by atoms with van der Waals surface area (Å²) < 4.78 is 11.3. The van der Waals surface area contributed by atoms with Crippen LogP contribution < -0.4 is 4.74 Å². The molecule has 3 aliphatic heterocycles. The zero-order chi connectivity index (χ0) is 24.5. The molecule has 1 atom stereocenters. The number of carbonyl (C=O) groups excluding carboxylic acids is 4. The van der Waals surface area contributed by atoms with E-state index in [2.05, 4.69) is 0 Å². The number of rotatable bonds is 6. The Morgan fingerprint density at radius 1 is 1.00 bits per heavy atom. The standard InChI is InChI=1S/C25H26BN3O6/c26-29-22(30)9-8-20(25(29)33)28-13-19-18(24(28)32)2-1-3-21(19)35-14-17-6-4-16(5-7-17)12-27-10-11-34-15-23(27)31/h1-7,20H,8-15,26H2. The number of morpholine rings is 1. The number of amides is 4. The second-order valence-electron chi connectivity index (χ2n) is 9.03. The maximum Gasteiger partial charge on any atom is 0.255 e. The van der Waals surface area contributed by atoms with Gasteiger partial charge in [-0.2, -0.15) is 0 Å². The molecule has 3 heterocycles. The molecule has 2 aromatic carbocycles. The molecular formula is C25H26BN3O6. The second-order valence-corrected chi connectivity index (χ2v) is 9.03. The molecule has 0 aromatic heterocycles. The van der Waals surface area contributed by atoms with Crippen molar-refractivity contribution in [2.75, 3.05) is 19.8 Å².